The van der Waals surface area contributed by atoms with Gasteiger partial charge in [0, 0.05) is 44.2 Å². The van der Waals surface area contributed by atoms with Crippen LogP contribution in [-0.4, -0.2) is 49.0 Å². The Labute approximate surface area is 155 Å². The van der Waals surface area contributed by atoms with E-state index in [-0.39, 0.29) is 13.1 Å². The summed E-state index contributed by atoms with van der Waals surface area (Å²) >= 11 is 0. The maximum atomic E-state index is 13.9. The molecule has 2 aromatic carbocycles. The van der Waals surface area contributed by atoms with Gasteiger partial charge in [-0.3, -0.25) is 4.90 Å². The Morgan fingerprint density at radius 2 is 1.78 bits per heavy atom. The van der Waals surface area contributed by atoms with Crippen molar-refractivity contribution in [2.45, 2.75) is 11.4 Å². The quantitative estimate of drug-likeness (QED) is 0.682. The molecule has 2 heterocycles. The molecule has 1 saturated heterocycles. The summed E-state index contributed by atoms with van der Waals surface area (Å²) in [5, 5.41) is 5.02. The summed E-state index contributed by atoms with van der Waals surface area (Å²) < 4.78 is 58.7. The van der Waals surface area contributed by atoms with Crippen LogP contribution < -0.4 is 0 Å². The summed E-state index contributed by atoms with van der Waals surface area (Å²) in [6.07, 6.45) is 0. The number of piperazine rings is 1. The standard InChI is InChI=1S/C18H17F2N3O3S/c19-13-5-6-18(15(20)11-13)27(24,25)23-9-7-22(8-10-23)12-16-14-3-1-2-4-17(14)26-21-16/h1-6,11H,7-10,12H2. The van der Waals surface area contributed by atoms with Gasteiger partial charge in [0.2, 0.25) is 10.0 Å². The first-order valence-electron chi connectivity index (χ1n) is 8.46. The van der Waals surface area contributed by atoms with Gasteiger partial charge < -0.3 is 4.52 Å². The number of fused-ring (bicyclic) bond motifs is 1. The fraction of sp³-hybridized carbons (Fsp3) is 0.278. The molecule has 0 N–H and O–H groups in total. The van der Waals surface area contributed by atoms with E-state index in [1.165, 1.54) is 4.31 Å². The Morgan fingerprint density at radius 3 is 2.52 bits per heavy atom. The van der Waals surface area contributed by atoms with Gasteiger partial charge in [-0.2, -0.15) is 4.31 Å². The minimum Gasteiger partial charge on any atom is -0.356 e. The van der Waals surface area contributed by atoms with E-state index in [2.05, 4.69) is 10.1 Å². The predicted octanol–water partition coefficient (Wildman–Crippen LogP) is 2.61. The van der Waals surface area contributed by atoms with Crippen LogP contribution in [0.5, 0.6) is 0 Å². The Balaban J connectivity index is 1.45. The van der Waals surface area contributed by atoms with Crippen molar-refractivity contribution in [3.63, 3.8) is 0 Å². The summed E-state index contributed by atoms with van der Waals surface area (Å²) in [5.41, 5.74) is 1.51. The summed E-state index contributed by atoms with van der Waals surface area (Å²) in [5.74, 6) is -1.89. The summed E-state index contributed by atoms with van der Waals surface area (Å²) in [7, 11) is -4.00. The summed E-state index contributed by atoms with van der Waals surface area (Å²) in [6, 6.07) is 10.0. The smallest absolute Gasteiger partial charge is 0.246 e. The van der Waals surface area contributed by atoms with Crippen LogP contribution in [0.4, 0.5) is 8.78 Å². The van der Waals surface area contributed by atoms with E-state index in [0.29, 0.717) is 31.3 Å². The molecule has 1 fully saturated rings. The highest BCUT2D eigenvalue weighted by atomic mass is 32.2. The Hall–Kier alpha value is -2.36. The van der Waals surface area contributed by atoms with Crippen LogP contribution >= 0.6 is 0 Å². The molecule has 9 heteroatoms. The van der Waals surface area contributed by atoms with Crippen LogP contribution in [0.3, 0.4) is 0 Å². The lowest BCUT2D eigenvalue weighted by molar-refractivity contribution is 0.178. The molecule has 0 radical (unpaired) electrons. The van der Waals surface area contributed by atoms with E-state index in [9.17, 15) is 17.2 Å². The Morgan fingerprint density at radius 1 is 1.04 bits per heavy atom. The predicted molar refractivity (Wildman–Crippen MR) is 94.4 cm³/mol. The van der Waals surface area contributed by atoms with Crippen LogP contribution in [0.15, 0.2) is 51.9 Å². The molecule has 0 spiro atoms. The third-order valence-corrected chi connectivity index (χ3v) is 6.60. The van der Waals surface area contributed by atoms with Crippen molar-refractivity contribution in [2.75, 3.05) is 26.2 Å². The van der Waals surface area contributed by atoms with Gasteiger partial charge in [-0.25, -0.2) is 17.2 Å². The molecular formula is C18H17F2N3O3S. The summed E-state index contributed by atoms with van der Waals surface area (Å²) in [6.45, 7) is 1.92. The minimum atomic E-state index is -4.00. The molecule has 0 bridgehead atoms. The van der Waals surface area contributed by atoms with Gasteiger partial charge in [-0.15, -0.1) is 0 Å². The molecular weight excluding hydrogens is 376 g/mol. The molecule has 0 aliphatic carbocycles. The van der Waals surface area contributed by atoms with Gasteiger partial charge in [0.05, 0.1) is 0 Å². The average Bonchev–Trinajstić information content (AvgIpc) is 3.05. The highest BCUT2D eigenvalue weighted by Gasteiger charge is 2.31. The number of sulfonamides is 1. The van der Waals surface area contributed by atoms with Gasteiger partial charge >= 0.3 is 0 Å². The van der Waals surface area contributed by atoms with Crippen LogP contribution in [0.1, 0.15) is 5.69 Å². The van der Waals surface area contributed by atoms with Crippen molar-refractivity contribution in [3.8, 4) is 0 Å². The van der Waals surface area contributed by atoms with E-state index in [4.69, 9.17) is 4.52 Å². The zero-order valence-corrected chi connectivity index (χ0v) is 15.1. The average molecular weight is 393 g/mol. The number of rotatable bonds is 4. The van der Waals surface area contributed by atoms with Crippen molar-refractivity contribution in [1.29, 1.82) is 0 Å². The zero-order chi connectivity index (χ0) is 19.0. The Kier molecular flexibility index (Phi) is 4.67. The first kappa shape index (κ1) is 18.0. The number of hydrogen-bond donors (Lipinski definition) is 0. The van der Waals surface area contributed by atoms with Crippen molar-refractivity contribution in [3.05, 3.63) is 59.8 Å². The SMILES string of the molecule is O=S(=O)(c1ccc(F)cc1F)N1CCN(Cc2noc3ccccc23)CC1. The summed E-state index contributed by atoms with van der Waals surface area (Å²) in [4.78, 5) is 1.57. The molecule has 4 rings (SSSR count). The maximum Gasteiger partial charge on any atom is 0.246 e. The monoisotopic (exact) mass is 393 g/mol. The van der Waals surface area contributed by atoms with E-state index >= 15 is 0 Å². The Bertz CT molecular complexity index is 1080. The second kappa shape index (κ2) is 6.99. The first-order valence-corrected chi connectivity index (χ1v) is 9.90. The molecule has 1 aliphatic rings. The molecule has 142 valence electrons. The van der Waals surface area contributed by atoms with Crippen LogP contribution in [0.2, 0.25) is 0 Å². The highest BCUT2D eigenvalue weighted by Crippen LogP contribution is 2.23. The zero-order valence-electron chi connectivity index (χ0n) is 14.3. The van der Waals surface area contributed by atoms with Crippen molar-refractivity contribution in [2.24, 2.45) is 0 Å². The fourth-order valence-electron chi connectivity index (χ4n) is 3.22. The molecule has 1 aliphatic heterocycles. The van der Waals surface area contributed by atoms with Crippen molar-refractivity contribution >= 4 is 21.0 Å². The van der Waals surface area contributed by atoms with E-state index in [1.807, 2.05) is 24.3 Å². The van der Waals surface area contributed by atoms with Gasteiger partial charge in [-0.05, 0) is 24.3 Å². The third kappa shape index (κ3) is 3.45. The van der Waals surface area contributed by atoms with Crippen LogP contribution in [0.25, 0.3) is 11.0 Å². The highest BCUT2D eigenvalue weighted by molar-refractivity contribution is 7.89. The van der Waals surface area contributed by atoms with Gasteiger partial charge in [0.1, 0.15) is 22.2 Å². The molecule has 3 aromatic rings. The number of benzene rings is 2. The van der Waals surface area contributed by atoms with Crippen molar-refractivity contribution < 1.29 is 21.7 Å². The number of nitrogens with zero attached hydrogens (tertiary/aromatic N) is 3. The number of para-hydroxylation sites is 1. The number of aromatic nitrogens is 1. The maximum absolute atomic E-state index is 13.9. The topological polar surface area (TPSA) is 66.7 Å². The second-order valence-electron chi connectivity index (χ2n) is 6.38. The lowest BCUT2D eigenvalue weighted by atomic mass is 10.2. The van der Waals surface area contributed by atoms with E-state index in [1.54, 1.807) is 0 Å². The largest absolute Gasteiger partial charge is 0.356 e. The third-order valence-electron chi connectivity index (χ3n) is 4.67. The van der Waals surface area contributed by atoms with Crippen molar-refractivity contribution in [1.82, 2.24) is 14.4 Å². The molecule has 0 amide bonds. The van der Waals surface area contributed by atoms with Gasteiger partial charge in [0.25, 0.3) is 0 Å². The lowest BCUT2D eigenvalue weighted by Gasteiger charge is -2.33. The molecule has 0 unspecified atom stereocenters. The fourth-order valence-corrected chi connectivity index (χ4v) is 4.68. The van der Waals surface area contributed by atoms with Crippen LogP contribution in [-0.2, 0) is 16.6 Å². The van der Waals surface area contributed by atoms with E-state index in [0.717, 1.165) is 23.2 Å². The van der Waals surface area contributed by atoms with Gasteiger partial charge in [-0.1, -0.05) is 17.3 Å². The number of hydrogen-bond acceptors (Lipinski definition) is 5. The number of halogens is 2. The first-order chi connectivity index (χ1) is 12.9. The van der Waals surface area contributed by atoms with E-state index < -0.39 is 26.6 Å². The van der Waals surface area contributed by atoms with Gasteiger partial charge in [0.15, 0.2) is 5.58 Å². The molecule has 6 nitrogen and oxygen atoms in total. The molecule has 27 heavy (non-hydrogen) atoms. The second-order valence-corrected chi connectivity index (χ2v) is 8.29. The lowest BCUT2D eigenvalue weighted by Crippen LogP contribution is -2.48. The molecule has 1 aromatic heterocycles. The molecule has 0 atom stereocenters. The minimum absolute atomic E-state index is 0.217. The van der Waals surface area contributed by atoms with Crippen LogP contribution in [0, 0.1) is 11.6 Å². The molecule has 0 saturated carbocycles. The normalized spacial score (nSPS) is 16.8.